The lowest BCUT2D eigenvalue weighted by atomic mass is 9.76. The molecule has 2 N–H and O–H groups in total. The van der Waals surface area contributed by atoms with Crippen LogP contribution in [0.5, 0.6) is 0 Å². The molecule has 1 fully saturated rings. The van der Waals surface area contributed by atoms with Crippen LogP contribution < -0.4 is 5.73 Å². The molecule has 0 saturated heterocycles. The molecule has 1 aliphatic rings. The van der Waals surface area contributed by atoms with E-state index >= 15 is 0 Å². The van der Waals surface area contributed by atoms with E-state index in [1.165, 1.54) is 0 Å². The van der Waals surface area contributed by atoms with Gasteiger partial charge in [0.1, 0.15) is 0 Å². The van der Waals surface area contributed by atoms with Gasteiger partial charge in [-0.05, 0) is 55.7 Å². The Hall–Kier alpha value is -1.10. The molecule has 0 aromatic carbocycles. The number of rotatable bonds is 2. The Kier molecular flexibility index (Phi) is 4.13. The first-order chi connectivity index (χ1) is 8.89. The first kappa shape index (κ1) is 14.3. The molecule has 19 heavy (non-hydrogen) atoms. The Morgan fingerprint density at radius 2 is 1.89 bits per heavy atom. The van der Waals surface area contributed by atoms with Crippen LogP contribution in [0.4, 0.5) is 13.2 Å². The van der Waals surface area contributed by atoms with E-state index in [1.807, 2.05) is 13.0 Å². The van der Waals surface area contributed by atoms with Gasteiger partial charge in [-0.25, -0.2) is 0 Å². The van der Waals surface area contributed by atoms with Crippen molar-refractivity contribution in [2.45, 2.75) is 44.8 Å². The third kappa shape index (κ3) is 3.26. The molecule has 1 heterocycles. The van der Waals surface area contributed by atoms with Gasteiger partial charge >= 0.3 is 6.18 Å². The zero-order valence-electron chi connectivity index (χ0n) is 11.0. The van der Waals surface area contributed by atoms with Gasteiger partial charge in [-0.2, -0.15) is 13.2 Å². The van der Waals surface area contributed by atoms with Crippen LogP contribution in [0.3, 0.4) is 0 Å². The highest BCUT2D eigenvalue weighted by molar-refractivity contribution is 5.25. The van der Waals surface area contributed by atoms with Crippen molar-refractivity contribution in [2.75, 3.05) is 0 Å². The first-order valence-electron chi connectivity index (χ1n) is 6.62. The summed E-state index contributed by atoms with van der Waals surface area (Å²) in [6, 6.07) is 1.68. The van der Waals surface area contributed by atoms with Crippen molar-refractivity contribution in [3.05, 3.63) is 29.6 Å². The van der Waals surface area contributed by atoms with Crippen molar-refractivity contribution in [3.8, 4) is 0 Å². The molecule has 1 aromatic rings. The van der Waals surface area contributed by atoms with Crippen LogP contribution in [0.15, 0.2) is 18.5 Å². The molecular formula is C14H19F3N2. The molecule has 2 rings (SSSR count). The average molecular weight is 272 g/mol. The molecule has 2 nitrogen and oxygen atoms in total. The third-order valence-corrected chi connectivity index (χ3v) is 4.18. The number of nitrogens with zero attached hydrogens (tertiary/aromatic N) is 1. The fraction of sp³-hybridized carbons (Fsp3) is 0.643. The number of nitrogens with two attached hydrogens (primary N) is 1. The molecular weight excluding hydrogens is 253 g/mol. The summed E-state index contributed by atoms with van der Waals surface area (Å²) in [5.41, 5.74) is 8.22. The minimum Gasteiger partial charge on any atom is -0.324 e. The molecule has 1 aliphatic carbocycles. The number of alkyl halides is 3. The third-order valence-electron chi connectivity index (χ3n) is 4.18. The Labute approximate surface area is 111 Å². The van der Waals surface area contributed by atoms with E-state index in [-0.39, 0.29) is 24.8 Å². The predicted molar refractivity (Wildman–Crippen MR) is 67.4 cm³/mol. The van der Waals surface area contributed by atoms with Gasteiger partial charge in [-0.15, -0.1) is 0 Å². The van der Waals surface area contributed by atoms with Crippen molar-refractivity contribution >= 4 is 0 Å². The van der Waals surface area contributed by atoms with Crippen molar-refractivity contribution < 1.29 is 13.2 Å². The van der Waals surface area contributed by atoms with Crippen LogP contribution in [-0.4, -0.2) is 11.2 Å². The second kappa shape index (κ2) is 5.49. The van der Waals surface area contributed by atoms with E-state index in [1.54, 1.807) is 12.4 Å². The second-order valence-corrected chi connectivity index (χ2v) is 5.41. The second-order valence-electron chi connectivity index (χ2n) is 5.41. The van der Waals surface area contributed by atoms with Crippen LogP contribution in [0.25, 0.3) is 0 Å². The molecule has 1 saturated carbocycles. The van der Waals surface area contributed by atoms with Crippen LogP contribution in [0.1, 0.15) is 42.9 Å². The summed E-state index contributed by atoms with van der Waals surface area (Å²) in [5, 5.41) is 0. The van der Waals surface area contributed by atoms with E-state index in [0.717, 1.165) is 11.1 Å². The van der Waals surface area contributed by atoms with Gasteiger partial charge in [0.05, 0.1) is 5.92 Å². The maximum Gasteiger partial charge on any atom is 0.391 e. The predicted octanol–water partition coefficient (Wildman–Crippen LogP) is 3.76. The highest BCUT2D eigenvalue weighted by atomic mass is 19.4. The van der Waals surface area contributed by atoms with Crippen LogP contribution in [-0.2, 0) is 0 Å². The van der Waals surface area contributed by atoms with Crippen molar-refractivity contribution in [3.63, 3.8) is 0 Å². The van der Waals surface area contributed by atoms with Gasteiger partial charge in [0.25, 0.3) is 0 Å². The first-order valence-corrected chi connectivity index (χ1v) is 6.62. The standard InChI is InChI=1S/C14H19F3N2/c1-9-6-7-19-8-12(9)13(18)10-2-4-11(5-3-10)14(15,16)17/h6-8,10-11,13H,2-5,18H2,1H3. The molecule has 1 unspecified atom stereocenters. The molecule has 0 bridgehead atoms. The van der Waals surface area contributed by atoms with Crippen LogP contribution in [0, 0.1) is 18.8 Å². The molecule has 0 radical (unpaired) electrons. The number of hydrogen-bond acceptors (Lipinski definition) is 2. The Bertz CT molecular complexity index is 423. The number of aryl methyl sites for hydroxylation is 1. The Morgan fingerprint density at radius 3 is 2.42 bits per heavy atom. The van der Waals surface area contributed by atoms with Gasteiger partial charge in [0.15, 0.2) is 0 Å². The topological polar surface area (TPSA) is 38.9 Å². The smallest absolute Gasteiger partial charge is 0.324 e. The minimum atomic E-state index is -4.06. The minimum absolute atomic E-state index is 0.126. The number of pyridine rings is 1. The van der Waals surface area contributed by atoms with E-state index < -0.39 is 12.1 Å². The van der Waals surface area contributed by atoms with E-state index in [9.17, 15) is 13.2 Å². The average Bonchev–Trinajstić information content (AvgIpc) is 2.38. The maximum absolute atomic E-state index is 12.6. The van der Waals surface area contributed by atoms with Crippen molar-refractivity contribution in [1.29, 1.82) is 0 Å². The summed E-state index contributed by atoms with van der Waals surface area (Å²) in [6.45, 7) is 1.96. The number of halogens is 3. The van der Waals surface area contributed by atoms with E-state index in [2.05, 4.69) is 4.98 Å². The summed E-state index contributed by atoms with van der Waals surface area (Å²) >= 11 is 0. The molecule has 1 atom stereocenters. The van der Waals surface area contributed by atoms with Crippen molar-refractivity contribution in [2.24, 2.45) is 17.6 Å². The van der Waals surface area contributed by atoms with Crippen LogP contribution >= 0.6 is 0 Å². The normalized spacial score (nSPS) is 26.2. The molecule has 1 aromatic heterocycles. The lowest BCUT2D eigenvalue weighted by Crippen LogP contribution is -2.32. The number of hydrogen-bond donors (Lipinski definition) is 1. The summed E-state index contributed by atoms with van der Waals surface area (Å²) in [4.78, 5) is 4.06. The highest BCUT2D eigenvalue weighted by Crippen LogP contribution is 2.42. The lowest BCUT2D eigenvalue weighted by molar-refractivity contribution is -0.184. The monoisotopic (exact) mass is 272 g/mol. The highest BCUT2D eigenvalue weighted by Gasteiger charge is 2.42. The summed E-state index contributed by atoms with van der Waals surface area (Å²) in [7, 11) is 0. The van der Waals surface area contributed by atoms with Gasteiger partial charge < -0.3 is 5.73 Å². The number of aromatic nitrogens is 1. The Balaban J connectivity index is 2.00. The summed E-state index contributed by atoms with van der Waals surface area (Å²) < 4.78 is 37.8. The molecule has 0 spiro atoms. The molecule has 0 amide bonds. The Morgan fingerprint density at radius 1 is 1.26 bits per heavy atom. The molecule has 5 heteroatoms. The fourth-order valence-electron chi connectivity index (χ4n) is 2.88. The van der Waals surface area contributed by atoms with Gasteiger partial charge in [0, 0.05) is 18.4 Å². The molecule has 0 aliphatic heterocycles. The zero-order chi connectivity index (χ0) is 14.0. The zero-order valence-corrected chi connectivity index (χ0v) is 11.0. The van der Waals surface area contributed by atoms with Crippen molar-refractivity contribution in [1.82, 2.24) is 4.98 Å². The van der Waals surface area contributed by atoms with Gasteiger partial charge in [-0.3, -0.25) is 4.98 Å². The summed E-state index contributed by atoms with van der Waals surface area (Å²) in [5.74, 6) is -1.02. The van der Waals surface area contributed by atoms with E-state index in [0.29, 0.717) is 12.8 Å². The van der Waals surface area contributed by atoms with Gasteiger partial charge in [0.2, 0.25) is 0 Å². The SMILES string of the molecule is Cc1ccncc1C(N)C1CCC(C(F)(F)F)CC1. The maximum atomic E-state index is 12.6. The van der Waals surface area contributed by atoms with Crippen LogP contribution in [0.2, 0.25) is 0 Å². The fourth-order valence-corrected chi connectivity index (χ4v) is 2.88. The quantitative estimate of drug-likeness (QED) is 0.890. The largest absolute Gasteiger partial charge is 0.391 e. The lowest BCUT2D eigenvalue weighted by Gasteiger charge is -2.33. The van der Waals surface area contributed by atoms with Gasteiger partial charge in [-0.1, -0.05) is 0 Å². The molecule has 106 valence electrons. The summed E-state index contributed by atoms with van der Waals surface area (Å²) in [6.07, 6.45) is 0.850. The van der Waals surface area contributed by atoms with E-state index in [4.69, 9.17) is 5.73 Å².